The van der Waals surface area contributed by atoms with E-state index in [9.17, 15) is 0 Å². The molecule has 0 amide bonds. The Labute approximate surface area is 102 Å². The highest BCUT2D eigenvalue weighted by Crippen LogP contribution is 2.05. The minimum Gasteiger partial charge on any atom is -0.455 e. The second-order valence-electron chi connectivity index (χ2n) is 5.03. The first-order valence-corrected chi connectivity index (χ1v) is 5.67. The third kappa shape index (κ3) is 5.65. The molecule has 0 fully saturated rings. The van der Waals surface area contributed by atoms with Gasteiger partial charge in [-0.3, -0.25) is 4.68 Å². The molecular formula is C11H22N4O2. The average molecular weight is 242 g/mol. The van der Waals surface area contributed by atoms with Gasteiger partial charge in [0.2, 0.25) is 0 Å². The lowest BCUT2D eigenvalue weighted by atomic mass is 10.1. The number of aromatic nitrogens is 3. The molecule has 98 valence electrons. The molecule has 1 heterocycles. The molecule has 0 bridgehead atoms. The summed E-state index contributed by atoms with van der Waals surface area (Å²) >= 11 is 0. The second kappa shape index (κ2) is 5.97. The highest BCUT2D eigenvalue weighted by molar-refractivity contribution is 4.89. The zero-order valence-corrected chi connectivity index (χ0v) is 11.2. The quantitative estimate of drug-likeness (QED) is 0.791. The van der Waals surface area contributed by atoms with Crippen molar-refractivity contribution in [1.29, 1.82) is 0 Å². The van der Waals surface area contributed by atoms with E-state index in [4.69, 9.17) is 9.47 Å². The van der Waals surface area contributed by atoms with E-state index in [1.165, 1.54) is 0 Å². The van der Waals surface area contributed by atoms with Crippen molar-refractivity contribution in [2.45, 2.75) is 32.4 Å². The van der Waals surface area contributed by atoms with Gasteiger partial charge in [-0.2, -0.15) is 4.98 Å². The molecule has 0 aromatic carbocycles. The zero-order chi connectivity index (χ0) is 12.9. The van der Waals surface area contributed by atoms with E-state index in [1.54, 1.807) is 25.2 Å². The molecule has 0 saturated carbocycles. The van der Waals surface area contributed by atoms with Crippen molar-refractivity contribution in [2.75, 3.05) is 20.3 Å². The van der Waals surface area contributed by atoms with Crippen molar-refractivity contribution in [1.82, 2.24) is 20.1 Å². The first kappa shape index (κ1) is 13.9. The Hall–Kier alpha value is -1.14. The van der Waals surface area contributed by atoms with Gasteiger partial charge in [0.25, 0.3) is 0 Å². The van der Waals surface area contributed by atoms with Crippen LogP contribution in [-0.4, -0.2) is 46.7 Å². The maximum atomic E-state index is 5.64. The Balaban J connectivity index is 2.48. The molecule has 0 saturated heterocycles. The third-order valence-corrected chi connectivity index (χ3v) is 2.06. The van der Waals surface area contributed by atoms with Crippen LogP contribution in [0.3, 0.4) is 0 Å². The van der Waals surface area contributed by atoms with Gasteiger partial charge in [-0.05, 0) is 20.8 Å². The summed E-state index contributed by atoms with van der Waals surface area (Å²) < 4.78 is 12.4. The van der Waals surface area contributed by atoms with Gasteiger partial charge in [-0.1, -0.05) is 0 Å². The predicted octanol–water partition coefficient (Wildman–Crippen LogP) is 0.597. The second-order valence-corrected chi connectivity index (χ2v) is 5.03. The lowest BCUT2D eigenvalue weighted by molar-refractivity contribution is 0.0701. The van der Waals surface area contributed by atoms with E-state index < -0.39 is 0 Å². The molecule has 6 nitrogen and oxygen atoms in total. The Morgan fingerprint density at radius 1 is 1.47 bits per heavy atom. The van der Waals surface area contributed by atoms with Crippen molar-refractivity contribution in [3.05, 3.63) is 6.33 Å². The smallest absolute Gasteiger partial charge is 0.335 e. The lowest BCUT2D eigenvalue weighted by Gasteiger charge is -2.24. The van der Waals surface area contributed by atoms with Crippen LogP contribution in [0.1, 0.15) is 20.8 Å². The molecule has 1 atom stereocenters. The van der Waals surface area contributed by atoms with E-state index in [0.29, 0.717) is 19.2 Å². The molecule has 1 unspecified atom stereocenters. The number of rotatable bonds is 6. The molecule has 1 rings (SSSR count). The minimum atomic E-state index is -0.0957. The SMILES string of the molecule is COCC(CNC(C)(C)C)Oc1ncn(C)n1. The van der Waals surface area contributed by atoms with Crippen molar-refractivity contribution in [2.24, 2.45) is 7.05 Å². The Bertz CT molecular complexity index is 332. The van der Waals surface area contributed by atoms with E-state index in [1.807, 2.05) is 0 Å². The van der Waals surface area contributed by atoms with E-state index in [2.05, 4.69) is 36.2 Å². The molecule has 6 heteroatoms. The maximum Gasteiger partial charge on any atom is 0.335 e. The summed E-state index contributed by atoms with van der Waals surface area (Å²) in [4.78, 5) is 4.03. The number of hydrogen-bond acceptors (Lipinski definition) is 5. The van der Waals surface area contributed by atoms with Crippen LogP contribution in [0.25, 0.3) is 0 Å². The molecule has 1 aromatic rings. The predicted molar refractivity (Wildman–Crippen MR) is 65.1 cm³/mol. The molecule has 0 aliphatic heterocycles. The number of aryl methyl sites for hydroxylation is 1. The van der Waals surface area contributed by atoms with Crippen LogP contribution in [-0.2, 0) is 11.8 Å². The number of hydrogen-bond donors (Lipinski definition) is 1. The van der Waals surface area contributed by atoms with E-state index >= 15 is 0 Å². The van der Waals surface area contributed by atoms with Gasteiger partial charge in [0, 0.05) is 26.2 Å². The molecule has 1 N–H and O–H groups in total. The van der Waals surface area contributed by atoms with Crippen molar-refractivity contribution >= 4 is 0 Å². The average Bonchev–Trinajstić information content (AvgIpc) is 2.60. The minimum absolute atomic E-state index is 0.0485. The van der Waals surface area contributed by atoms with Gasteiger partial charge < -0.3 is 14.8 Å². The van der Waals surface area contributed by atoms with Gasteiger partial charge in [0.05, 0.1) is 6.61 Å². The molecule has 17 heavy (non-hydrogen) atoms. The van der Waals surface area contributed by atoms with Crippen molar-refractivity contribution in [3.63, 3.8) is 0 Å². The van der Waals surface area contributed by atoms with Crippen LogP contribution in [0.4, 0.5) is 0 Å². The number of nitrogens with zero attached hydrogens (tertiary/aromatic N) is 3. The molecule has 0 aliphatic carbocycles. The monoisotopic (exact) mass is 242 g/mol. The molecule has 0 radical (unpaired) electrons. The Morgan fingerprint density at radius 3 is 2.65 bits per heavy atom. The summed E-state index contributed by atoms with van der Waals surface area (Å²) in [5.41, 5.74) is 0.0485. The number of methoxy groups -OCH3 is 1. The van der Waals surface area contributed by atoms with Gasteiger partial charge in [-0.25, -0.2) is 0 Å². The van der Waals surface area contributed by atoms with Gasteiger partial charge in [-0.15, -0.1) is 5.10 Å². The van der Waals surface area contributed by atoms with Crippen molar-refractivity contribution in [3.8, 4) is 6.01 Å². The first-order chi connectivity index (χ1) is 7.90. The normalized spacial score (nSPS) is 13.7. The van der Waals surface area contributed by atoms with Crippen LogP contribution < -0.4 is 10.1 Å². The summed E-state index contributed by atoms with van der Waals surface area (Å²) in [6.07, 6.45) is 1.51. The van der Waals surface area contributed by atoms with E-state index in [-0.39, 0.29) is 11.6 Å². The van der Waals surface area contributed by atoms with E-state index in [0.717, 1.165) is 0 Å². The summed E-state index contributed by atoms with van der Waals surface area (Å²) in [5.74, 6) is 0. The van der Waals surface area contributed by atoms with Crippen LogP contribution in [0, 0.1) is 0 Å². The fourth-order valence-corrected chi connectivity index (χ4v) is 1.26. The van der Waals surface area contributed by atoms with Crippen LogP contribution >= 0.6 is 0 Å². The summed E-state index contributed by atoms with van der Waals surface area (Å²) in [6.45, 7) is 7.51. The fourth-order valence-electron chi connectivity index (χ4n) is 1.26. The fraction of sp³-hybridized carbons (Fsp3) is 0.818. The standard InChI is InChI=1S/C11H22N4O2/c1-11(2,3)13-6-9(7-16-5)17-10-12-8-15(4)14-10/h8-9,13H,6-7H2,1-5H3. The molecule has 0 aliphatic rings. The molecule has 1 aromatic heterocycles. The summed E-state index contributed by atoms with van der Waals surface area (Å²) in [5, 5.41) is 7.44. The van der Waals surface area contributed by atoms with Gasteiger partial charge in [0.1, 0.15) is 12.4 Å². The number of nitrogens with one attached hydrogen (secondary N) is 1. The van der Waals surface area contributed by atoms with Crippen LogP contribution in [0.2, 0.25) is 0 Å². The topological polar surface area (TPSA) is 61.2 Å². The largest absolute Gasteiger partial charge is 0.455 e. The molecule has 0 spiro atoms. The summed E-state index contributed by atoms with van der Waals surface area (Å²) in [7, 11) is 3.46. The zero-order valence-electron chi connectivity index (χ0n) is 11.2. The Kier molecular flexibility index (Phi) is 4.89. The maximum absolute atomic E-state index is 5.64. The Morgan fingerprint density at radius 2 is 2.18 bits per heavy atom. The number of ether oxygens (including phenoxy) is 2. The van der Waals surface area contributed by atoms with Gasteiger partial charge >= 0.3 is 6.01 Å². The lowest BCUT2D eigenvalue weighted by Crippen LogP contribution is -2.44. The van der Waals surface area contributed by atoms with Crippen LogP contribution in [0.5, 0.6) is 6.01 Å². The van der Waals surface area contributed by atoms with Crippen molar-refractivity contribution < 1.29 is 9.47 Å². The summed E-state index contributed by atoms with van der Waals surface area (Å²) in [6, 6.07) is 0.380. The highest BCUT2D eigenvalue weighted by Gasteiger charge is 2.16. The first-order valence-electron chi connectivity index (χ1n) is 5.67. The third-order valence-electron chi connectivity index (χ3n) is 2.06. The van der Waals surface area contributed by atoms with Crippen LogP contribution in [0.15, 0.2) is 6.33 Å². The van der Waals surface area contributed by atoms with Gasteiger partial charge in [0.15, 0.2) is 0 Å². The molecular weight excluding hydrogens is 220 g/mol. The highest BCUT2D eigenvalue weighted by atomic mass is 16.5.